The summed E-state index contributed by atoms with van der Waals surface area (Å²) in [7, 11) is 0. The lowest BCUT2D eigenvalue weighted by molar-refractivity contribution is -0.113. The van der Waals surface area contributed by atoms with Crippen LogP contribution in [0.25, 0.3) is 0 Å². The van der Waals surface area contributed by atoms with Gasteiger partial charge < -0.3 is 10.6 Å². The molecule has 1 aromatic heterocycles. The average Bonchev–Trinajstić information content (AvgIpc) is 3.25. The van der Waals surface area contributed by atoms with Crippen LogP contribution in [0.3, 0.4) is 0 Å². The van der Waals surface area contributed by atoms with E-state index in [9.17, 15) is 4.79 Å². The lowest BCUT2D eigenvalue weighted by Crippen LogP contribution is -2.31. The summed E-state index contributed by atoms with van der Waals surface area (Å²) in [5.41, 5.74) is 4.87. The lowest BCUT2D eigenvalue weighted by atomic mass is 9.95. The molecule has 0 radical (unpaired) electrons. The predicted molar refractivity (Wildman–Crippen MR) is 147 cm³/mol. The number of carbonyl (C=O) groups excluding carboxylic acids is 1. The number of hydrogen-bond donors (Lipinski definition) is 2. The van der Waals surface area contributed by atoms with E-state index in [-0.39, 0.29) is 5.91 Å². The molecule has 0 saturated heterocycles. The van der Waals surface area contributed by atoms with Crippen LogP contribution in [0.15, 0.2) is 89.2 Å². The van der Waals surface area contributed by atoms with E-state index >= 15 is 0 Å². The highest BCUT2D eigenvalue weighted by Gasteiger charge is 2.34. The first-order chi connectivity index (χ1) is 17.4. The van der Waals surface area contributed by atoms with E-state index < -0.39 is 6.04 Å². The molecule has 0 saturated carbocycles. The van der Waals surface area contributed by atoms with Crippen molar-refractivity contribution in [1.82, 2.24) is 14.8 Å². The number of fused-ring (bicyclic) bond motifs is 1. The Bertz CT molecular complexity index is 1480. The number of thioether (sulfide) groups is 1. The van der Waals surface area contributed by atoms with E-state index in [1.807, 2.05) is 86.6 Å². The van der Waals surface area contributed by atoms with Gasteiger partial charge in [0.2, 0.25) is 11.1 Å². The molecule has 0 spiro atoms. The van der Waals surface area contributed by atoms with Crippen molar-refractivity contribution >= 4 is 52.5 Å². The van der Waals surface area contributed by atoms with Crippen LogP contribution in [-0.4, -0.2) is 20.7 Å². The summed E-state index contributed by atoms with van der Waals surface area (Å²) < 4.78 is 1.75. The van der Waals surface area contributed by atoms with E-state index in [0.29, 0.717) is 38.2 Å². The van der Waals surface area contributed by atoms with Gasteiger partial charge in [-0.05, 0) is 60.9 Å². The molecule has 1 aliphatic rings. The van der Waals surface area contributed by atoms with Gasteiger partial charge >= 0.3 is 0 Å². The fourth-order valence-corrected chi connectivity index (χ4v) is 5.46. The molecule has 3 aromatic carbocycles. The largest absolute Gasteiger partial charge is 0.328 e. The summed E-state index contributed by atoms with van der Waals surface area (Å²) in [6.45, 7) is 3.86. The SMILES string of the molecule is CC1=C(C(=O)Nc2cccc(C)c2)C(c2cccc(Cl)c2)n2nc(SCc3ccccc3Cl)nc2N1. The van der Waals surface area contributed by atoms with Crippen molar-refractivity contribution < 1.29 is 4.79 Å². The van der Waals surface area contributed by atoms with Crippen molar-refractivity contribution in [2.75, 3.05) is 10.6 Å². The predicted octanol–water partition coefficient (Wildman–Crippen LogP) is 7.11. The van der Waals surface area contributed by atoms with Gasteiger partial charge in [0.25, 0.3) is 5.91 Å². The van der Waals surface area contributed by atoms with E-state index in [2.05, 4.69) is 10.6 Å². The Kier molecular flexibility index (Phi) is 7.05. The van der Waals surface area contributed by atoms with Crippen molar-refractivity contribution in [3.8, 4) is 0 Å². The highest BCUT2D eigenvalue weighted by molar-refractivity contribution is 7.98. The third-order valence-electron chi connectivity index (χ3n) is 5.83. The third-order valence-corrected chi connectivity index (χ3v) is 7.32. The Morgan fingerprint density at radius 3 is 2.64 bits per heavy atom. The number of benzene rings is 3. The van der Waals surface area contributed by atoms with E-state index in [1.165, 1.54) is 11.8 Å². The van der Waals surface area contributed by atoms with Crippen LogP contribution in [0.1, 0.15) is 29.7 Å². The molecule has 1 atom stereocenters. The minimum absolute atomic E-state index is 0.220. The van der Waals surface area contributed by atoms with Gasteiger partial charge in [-0.25, -0.2) is 4.68 Å². The van der Waals surface area contributed by atoms with Crippen LogP contribution in [0.2, 0.25) is 10.0 Å². The van der Waals surface area contributed by atoms with E-state index in [4.69, 9.17) is 33.3 Å². The van der Waals surface area contributed by atoms with E-state index in [1.54, 1.807) is 4.68 Å². The zero-order chi connectivity index (χ0) is 25.2. The average molecular weight is 536 g/mol. The summed E-state index contributed by atoms with van der Waals surface area (Å²) in [5.74, 6) is 0.964. The van der Waals surface area contributed by atoms with Crippen molar-refractivity contribution in [3.63, 3.8) is 0 Å². The first kappa shape index (κ1) is 24.4. The lowest BCUT2D eigenvalue weighted by Gasteiger charge is -2.28. The van der Waals surface area contributed by atoms with Gasteiger partial charge in [0.1, 0.15) is 6.04 Å². The molecule has 182 valence electrons. The highest BCUT2D eigenvalue weighted by Crippen LogP contribution is 2.38. The second kappa shape index (κ2) is 10.4. The molecular formula is C27H23Cl2N5OS. The molecule has 4 aromatic rings. The van der Waals surface area contributed by atoms with Crippen molar-refractivity contribution in [2.24, 2.45) is 0 Å². The van der Waals surface area contributed by atoms with Crippen LogP contribution in [-0.2, 0) is 10.5 Å². The molecule has 2 N–H and O–H groups in total. The smallest absolute Gasteiger partial charge is 0.255 e. The molecule has 6 nitrogen and oxygen atoms in total. The molecule has 0 bridgehead atoms. The Hall–Kier alpha value is -3.26. The topological polar surface area (TPSA) is 71.8 Å². The summed E-state index contributed by atoms with van der Waals surface area (Å²) in [5, 5.41) is 12.9. The van der Waals surface area contributed by atoms with E-state index in [0.717, 1.165) is 22.4 Å². The van der Waals surface area contributed by atoms with Crippen molar-refractivity contribution in [1.29, 1.82) is 0 Å². The molecule has 0 aliphatic carbocycles. The second-order valence-electron chi connectivity index (χ2n) is 8.49. The number of carbonyl (C=O) groups is 1. The van der Waals surface area contributed by atoms with Crippen molar-refractivity contribution in [2.45, 2.75) is 30.8 Å². The second-order valence-corrected chi connectivity index (χ2v) is 10.3. The first-order valence-corrected chi connectivity index (χ1v) is 13.1. The zero-order valence-electron chi connectivity index (χ0n) is 19.6. The number of anilines is 2. The van der Waals surface area contributed by atoms with Crippen LogP contribution in [0.4, 0.5) is 11.6 Å². The number of nitrogens with one attached hydrogen (secondary N) is 2. The summed E-state index contributed by atoms with van der Waals surface area (Å²) in [6.07, 6.45) is 0. The quantitative estimate of drug-likeness (QED) is 0.257. The third kappa shape index (κ3) is 5.14. The number of aryl methyl sites for hydroxylation is 1. The number of nitrogens with zero attached hydrogens (tertiary/aromatic N) is 3. The molecule has 5 rings (SSSR count). The first-order valence-electron chi connectivity index (χ1n) is 11.3. The number of aromatic nitrogens is 3. The van der Waals surface area contributed by atoms with Crippen LogP contribution < -0.4 is 10.6 Å². The molecule has 9 heteroatoms. The minimum atomic E-state index is -0.507. The maximum absolute atomic E-state index is 13.6. The number of amides is 1. The fourth-order valence-electron chi connectivity index (χ4n) is 4.15. The van der Waals surface area contributed by atoms with Gasteiger partial charge in [0.15, 0.2) is 0 Å². The number of halogens is 2. The Balaban J connectivity index is 1.50. The maximum atomic E-state index is 13.6. The molecular weight excluding hydrogens is 513 g/mol. The summed E-state index contributed by atoms with van der Waals surface area (Å²) in [4.78, 5) is 18.3. The number of hydrogen-bond acceptors (Lipinski definition) is 5. The molecule has 2 heterocycles. The molecule has 0 fully saturated rings. The van der Waals surface area contributed by atoms with Crippen LogP contribution >= 0.6 is 35.0 Å². The van der Waals surface area contributed by atoms with Gasteiger partial charge in [0.05, 0.1) is 5.57 Å². The standard InChI is InChI=1S/C27H23Cl2N5OS/c1-16-7-5-11-21(13-16)31-25(35)23-17(2)30-26-32-27(36-15-19-8-3-4-12-22(19)29)33-34(26)24(23)18-9-6-10-20(28)14-18/h3-14,24H,15H2,1-2H3,(H,31,35)(H,30,32,33). The Morgan fingerprint density at radius 2 is 1.86 bits per heavy atom. The van der Waals surface area contributed by atoms with Crippen molar-refractivity contribution in [3.05, 3.63) is 111 Å². The number of rotatable bonds is 6. The van der Waals surface area contributed by atoms with Gasteiger partial charge in [-0.1, -0.05) is 77.4 Å². The highest BCUT2D eigenvalue weighted by atomic mass is 35.5. The zero-order valence-corrected chi connectivity index (χ0v) is 22.0. The van der Waals surface area contributed by atoms with Gasteiger partial charge in [-0.15, -0.1) is 5.10 Å². The fraction of sp³-hybridized carbons (Fsp3) is 0.148. The Labute approximate surface area is 223 Å². The summed E-state index contributed by atoms with van der Waals surface area (Å²) in [6, 6.07) is 22.4. The molecule has 36 heavy (non-hydrogen) atoms. The number of allylic oxidation sites excluding steroid dienone is 1. The molecule has 1 aliphatic heterocycles. The minimum Gasteiger partial charge on any atom is -0.328 e. The molecule has 1 unspecified atom stereocenters. The van der Waals surface area contributed by atoms with Gasteiger partial charge in [0, 0.05) is 27.2 Å². The molecule has 1 amide bonds. The van der Waals surface area contributed by atoms with Crippen LogP contribution in [0, 0.1) is 6.92 Å². The van der Waals surface area contributed by atoms with Crippen LogP contribution in [0.5, 0.6) is 0 Å². The maximum Gasteiger partial charge on any atom is 0.255 e. The van der Waals surface area contributed by atoms with Gasteiger partial charge in [-0.3, -0.25) is 4.79 Å². The monoisotopic (exact) mass is 535 g/mol. The van der Waals surface area contributed by atoms with Gasteiger partial charge in [-0.2, -0.15) is 4.98 Å². The summed E-state index contributed by atoms with van der Waals surface area (Å²) >= 11 is 14.2. The normalized spacial score (nSPS) is 14.8. The Morgan fingerprint density at radius 1 is 1.06 bits per heavy atom.